The van der Waals surface area contributed by atoms with Gasteiger partial charge in [-0.2, -0.15) is 0 Å². The van der Waals surface area contributed by atoms with Crippen molar-refractivity contribution >= 4 is 10.0 Å². The largest absolute Gasteiger partial charge is 0.447 e. The van der Waals surface area contributed by atoms with E-state index in [1.54, 1.807) is 6.07 Å². The quantitative estimate of drug-likeness (QED) is 0.819. The Kier molecular flexibility index (Phi) is 5.08. The lowest BCUT2D eigenvalue weighted by molar-refractivity contribution is 0.136. The lowest BCUT2D eigenvalue weighted by Crippen LogP contribution is -2.41. The number of rotatable bonds is 6. The van der Waals surface area contributed by atoms with Gasteiger partial charge < -0.3 is 14.6 Å². The molecule has 7 heteroatoms. The summed E-state index contributed by atoms with van der Waals surface area (Å²) in [5.74, 6) is 0.639. The van der Waals surface area contributed by atoms with Crippen LogP contribution in [0.4, 0.5) is 0 Å². The van der Waals surface area contributed by atoms with Crippen molar-refractivity contribution in [3.05, 3.63) is 17.9 Å². The third kappa shape index (κ3) is 4.29. The maximum absolute atomic E-state index is 11.6. The zero-order valence-electron chi connectivity index (χ0n) is 13.0. The van der Waals surface area contributed by atoms with Crippen LogP contribution in [0.3, 0.4) is 0 Å². The molecule has 0 aromatic carbocycles. The first-order valence-corrected chi connectivity index (χ1v) is 8.74. The first-order chi connectivity index (χ1) is 9.85. The molecule has 6 nitrogen and oxygen atoms in total. The molecule has 0 saturated carbocycles. The molecule has 0 spiro atoms. The Balaban J connectivity index is 1.84. The lowest BCUT2D eigenvalue weighted by Gasteiger charge is -2.38. The van der Waals surface area contributed by atoms with Crippen LogP contribution < -0.4 is 10.0 Å². The van der Waals surface area contributed by atoms with Gasteiger partial charge in [0.05, 0.1) is 6.54 Å². The molecule has 0 unspecified atom stereocenters. The molecule has 0 bridgehead atoms. The monoisotopic (exact) mass is 315 g/mol. The Morgan fingerprint density at radius 1 is 1.33 bits per heavy atom. The van der Waals surface area contributed by atoms with E-state index in [1.807, 2.05) is 0 Å². The van der Waals surface area contributed by atoms with Gasteiger partial charge in [-0.05, 0) is 57.6 Å². The van der Waals surface area contributed by atoms with E-state index in [-0.39, 0.29) is 5.09 Å². The third-order valence-electron chi connectivity index (χ3n) is 4.22. The van der Waals surface area contributed by atoms with Crippen molar-refractivity contribution in [2.75, 3.05) is 33.7 Å². The minimum absolute atomic E-state index is 0.0349. The van der Waals surface area contributed by atoms with Crippen molar-refractivity contribution < 1.29 is 12.8 Å². The summed E-state index contributed by atoms with van der Waals surface area (Å²) in [6, 6.07) is 3.19. The third-order valence-corrected chi connectivity index (χ3v) is 5.50. The topological polar surface area (TPSA) is 74.6 Å². The zero-order valence-corrected chi connectivity index (χ0v) is 13.8. The second-order valence-corrected chi connectivity index (χ2v) is 7.96. The Hall–Kier alpha value is -0.890. The predicted octanol–water partition coefficient (Wildman–Crippen LogP) is 1.01. The fraction of sp³-hybridized carbons (Fsp3) is 0.714. The highest BCUT2D eigenvalue weighted by Crippen LogP contribution is 2.29. The Labute approximate surface area is 126 Å². The molecule has 1 aliphatic heterocycles. The molecule has 2 rings (SSSR count). The number of likely N-dealkylation sites (tertiary alicyclic amines) is 1. The van der Waals surface area contributed by atoms with Gasteiger partial charge in [-0.1, -0.05) is 6.92 Å². The van der Waals surface area contributed by atoms with E-state index >= 15 is 0 Å². The summed E-state index contributed by atoms with van der Waals surface area (Å²) in [6.45, 7) is 6.01. The molecule has 1 saturated heterocycles. The van der Waals surface area contributed by atoms with Gasteiger partial charge in [0.15, 0.2) is 0 Å². The van der Waals surface area contributed by atoms with Gasteiger partial charge in [0.25, 0.3) is 10.0 Å². The van der Waals surface area contributed by atoms with Crippen molar-refractivity contribution in [2.24, 2.45) is 5.41 Å². The van der Waals surface area contributed by atoms with Gasteiger partial charge in [0.1, 0.15) is 5.76 Å². The van der Waals surface area contributed by atoms with E-state index in [0.29, 0.717) is 17.7 Å². The second-order valence-electron chi connectivity index (χ2n) is 6.15. The molecule has 2 N–H and O–H groups in total. The Bertz CT molecular complexity index is 560. The Morgan fingerprint density at radius 2 is 2.00 bits per heavy atom. The number of furan rings is 1. The first-order valence-electron chi connectivity index (χ1n) is 7.26. The van der Waals surface area contributed by atoms with Gasteiger partial charge >= 0.3 is 0 Å². The normalized spacial score (nSPS) is 19.8. The smallest absolute Gasteiger partial charge is 0.273 e. The van der Waals surface area contributed by atoms with Crippen molar-refractivity contribution in [3.63, 3.8) is 0 Å². The van der Waals surface area contributed by atoms with E-state index in [4.69, 9.17) is 4.42 Å². The number of nitrogens with one attached hydrogen (secondary N) is 2. The van der Waals surface area contributed by atoms with E-state index in [1.165, 1.54) is 26.0 Å². The van der Waals surface area contributed by atoms with Crippen LogP contribution >= 0.6 is 0 Å². The van der Waals surface area contributed by atoms with Crippen molar-refractivity contribution in [1.82, 2.24) is 14.9 Å². The number of nitrogens with zero attached hydrogens (tertiary/aromatic N) is 1. The maximum Gasteiger partial charge on any atom is 0.273 e. The van der Waals surface area contributed by atoms with Crippen molar-refractivity contribution in [1.29, 1.82) is 0 Å². The minimum Gasteiger partial charge on any atom is -0.447 e. The van der Waals surface area contributed by atoms with Gasteiger partial charge in [0.2, 0.25) is 5.09 Å². The van der Waals surface area contributed by atoms with Crippen LogP contribution in [-0.4, -0.2) is 47.0 Å². The summed E-state index contributed by atoms with van der Waals surface area (Å²) >= 11 is 0. The fourth-order valence-corrected chi connectivity index (χ4v) is 3.19. The number of hydrogen-bond acceptors (Lipinski definition) is 5. The fourth-order valence-electron chi connectivity index (χ4n) is 2.52. The van der Waals surface area contributed by atoms with Gasteiger partial charge in [-0.25, -0.2) is 13.1 Å². The van der Waals surface area contributed by atoms with Crippen LogP contribution in [0.2, 0.25) is 0 Å². The number of piperidine rings is 1. The molecule has 1 aromatic rings. The molecule has 0 radical (unpaired) electrons. The molecule has 2 heterocycles. The number of sulfonamides is 1. The van der Waals surface area contributed by atoms with Crippen molar-refractivity contribution in [3.8, 4) is 0 Å². The van der Waals surface area contributed by atoms with Crippen LogP contribution in [0.5, 0.6) is 0 Å². The molecule has 0 amide bonds. The van der Waals surface area contributed by atoms with Gasteiger partial charge in [-0.3, -0.25) is 0 Å². The molecule has 0 atom stereocenters. The summed E-state index contributed by atoms with van der Waals surface area (Å²) in [5.41, 5.74) is 0.305. The van der Waals surface area contributed by atoms with E-state index in [2.05, 4.69) is 28.9 Å². The maximum atomic E-state index is 11.6. The molecule has 120 valence electrons. The van der Waals surface area contributed by atoms with E-state index < -0.39 is 10.0 Å². The average Bonchev–Trinajstić information content (AvgIpc) is 2.92. The highest BCUT2D eigenvalue weighted by Gasteiger charge is 2.28. The summed E-state index contributed by atoms with van der Waals surface area (Å²) < 4.78 is 30.8. The van der Waals surface area contributed by atoms with Crippen LogP contribution in [0.15, 0.2) is 21.6 Å². The summed E-state index contributed by atoms with van der Waals surface area (Å²) in [6.07, 6.45) is 2.35. The zero-order chi connectivity index (χ0) is 15.5. The standard InChI is InChI=1S/C14H25N3O3S/c1-14(6-8-17(3)9-7-14)11-16-10-12-4-5-13(20-12)21(18,19)15-2/h4-5,15-16H,6-11H2,1-3H3. The van der Waals surface area contributed by atoms with Gasteiger partial charge in [0, 0.05) is 6.54 Å². The summed E-state index contributed by atoms with van der Waals surface area (Å²) in [5, 5.41) is 3.35. The van der Waals surface area contributed by atoms with Crippen LogP contribution in [0, 0.1) is 5.41 Å². The van der Waals surface area contributed by atoms with Gasteiger partial charge in [-0.15, -0.1) is 0 Å². The molecule has 1 fully saturated rings. The summed E-state index contributed by atoms with van der Waals surface area (Å²) in [7, 11) is 0.0331. The molecule has 1 aromatic heterocycles. The van der Waals surface area contributed by atoms with Crippen LogP contribution in [0.25, 0.3) is 0 Å². The Morgan fingerprint density at radius 3 is 2.62 bits per heavy atom. The highest BCUT2D eigenvalue weighted by molar-refractivity contribution is 7.89. The highest BCUT2D eigenvalue weighted by atomic mass is 32.2. The van der Waals surface area contributed by atoms with Crippen LogP contribution in [-0.2, 0) is 16.6 Å². The number of hydrogen-bond donors (Lipinski definition) is 2. The lowest BCUT2D eigenvalue weighted by atomic mass is 9.80. The van der Waals surface area contributed by atoms with E-state index in [9.17, 15) is 8.42 Å². The minimum atomic E-state index is -3.49. The second kappa shape index (κ2) is 6.48. The molecular formula is C14H25N3O3S. The molecular weight excluding hydrogens is 290 g/mol. The van der Waals surface area contributed by atoms with Crippen LogP contribution in [0.1, 0.15) is 25.5 Å². The molecule has 1 aliphatic rings. The SMILES string of the molecule is CNS(=O)(=O)c1ccc(CNCC2(C)CCN(C)CC2)o1. The average molecular weight is 315 g/mol. The van der Waals surface area contributed by atoms with Crippen molar-refractivity contribution in [2.45, 2.75) is 31.4 Å². The predicted molar refractivity (Wildman–Crippen MR) is 81.5 cm³/mol. The molecule has 21 heavy (non-hydrogen) atoms. The summed E-state index contributed by atoms with van der Waals surface area (Å²) in [4.78, 5) is 2.35. The van der Waals surface area contributed by atoms with E-state index in [0.717, 1.165) is 19.6 Å². The molecule has 0 aliphatic carbocycles. The first kappa shape index (κ1) is 16.5.